The number of hydrogen-bond donors (Lipinski definition) is 0. The highest BCUT2D eigenvalue weighted by molar-refractivity contribution is 5.94. The fourth-order valence-corrected chi connectivity index (χ4v) is 3.49. The van der Waals surface area contributed by atoms with E-state index < -0.39 is 5.60 Å². The summed E-state index contributed by atoms with van der Waals surface area (Å²) >= 11 is 0. The van der Waals surface area contributed by atoms with Crippen LogP contribution in [0.1, 0.15) is 5.56 Å². The highest BCUT2D eigenvalue weighted by Crippen LogP contribution is 2.26. The molecule has 0 unspecified atom stereocenters. The van der Waals surface area contributed by atoms with Gasteiger partial charge in [-0.2, -0.15) is 0 Å². The summed E-state index contributed by atoms with van der Waals surface area (Å²) < 4.78 is 11.9. The minimum absolute atomic E-state index is 0.0423. The van der Waals surface area contributed by atoms with Gasteiger partial charge in [-0.05, 0) is 23.8 Å². The predicted molar refractivity (Wildman–Crippen MR) is 95.6 cm³/mol. The second-order valence-electron chi connectivity index (χ2n) is 6.76. The Hall–Kier alpha value is -2.35. The summed E-state index contributed by atoms with van der Waals surface area (Å²) in [5.74, 6) is 0.584. The first-order chi connectivity index (χ1) is 12.7. The van der Waals surface area contributed by atoms with Crippen LogP contribution in [0.3, 0.4) is 0 Å². The van der Waals surface area contributed by atoms with E-state index in [2.05, 4.69) is 20.9 Å². The van der Waals surface area contributed by atoms with Crippen LogP contribution >= 0.6 is 0 Å². The smallest absolute Gasteiger partial charge is 0.254 e. The number of amides is 1. The van der Waals surface area contributed by atoms with Gasteiger partial charge >= 0.3 is 0 Å². The predicted octanol–water partition coefficient (Wildman–Crippen LogP) is 1.11. The highest BCUT2D eigenvalue weighted by Gasteiger charge is 2.43. The van der Waals surface area contributed by atoms with E-state index in [1.165, 1.54) is 0 Å². The number of aromatic nitrogens is 2. The van der Waals surface area contributed by atoms with E-state index in [9.17, 15) is 4.79 Å². The molecule has 2 aromatic heterocycles. The Bertz CT molecular complexity index is 743. The topological polar surface area (TPSA) is 67.8 Å². The molecule has 4 heterocycles. The molecule has 0 saturated carbocycles. The second-order valence-corrected chi connectivity index (χ2v) is 6.76. The van der Waals surface area contributed by atoms with Crippen LogP contribution in [-0.4, -0.2) is 65.8 Å². The van der Waals surface area contributed by atoms with Gasteiger partial charge < -0.3 is 9.47 Å². The van der Waals surface area contributed by atoms with Crippen molar-refractivity contribution in [3.05, 3.63) is 54.5 Å². The van der Waals surface area contributed by atoms with Crippen LogP contribution in [-0.2, 0) is 20.8 Å². The maximum atomic E-state index is 12.4. The van der Waals surface area contributed by atoms with Crippen LogP contribution in [0.5, 0.6) is 0 Å². The Morgan fingerprint density at radius 2 is 2.12 bits per heavy atom. The second kappa shape index (κ2) is 7.49. The number of pyridine rings is 2. The van der Waals surface area contributed by atoms with Gasteiger partial charge in [0.2, 0.25) is 0 Å². The maximum Gasteiger partial charge on any atom is 0.254 e. The van der Waals surface area contributed by atoms with E-state index in [0.717, 1.165) is 18.7 Å². The molecular formula is C19H22N4O3. The Balaban J connectivity index is 1.53. The molecule has 0 bridgehead atoms. The Labute approximate surface area is 152 Å². The third-order valence-electron chi connectivity index (χ3n) is 4.73. The number of carbonyl (C=O) groups is 1. The van der Waals surface area contributed by atoms with Gasteiger partial charge in [0.15, 0.2) is 0 Å². The lowest BCUT2D eigenvalue weighted by atomic mass is 10.0. The van der Waals surface area contributed by atoms with Gasteiger partial charge in [0.25, 0.3) is 5.91 Å². The Morgan fingerprint density at radius 1 is 1.15 bits per heavy atom. The highest BCUT2D eigenvalue weighted by atomic mass is 16.6. The molecule has 136 valence electrons. The third-order valence-corrected chi connectivity index (χ3v) is 4.73. The lowest BCUT2D eigenvalue weighted by Crippen LogP contribution is -2.60. The number of ether oxygens (including phenoxy) is 2. The number of hydrogen-bond acceptors (Lipinski definition) is 6. The summed E-state index contributed by atoms with van der Waals surface area (Å²) in [6.07, 6.45) is 5.35. The zero-order valence-electron chi connectivity index (χ0n) is 14.6. The zero-order chi connectivity index (χ0) is 17.8. The first-order valence-corrected chi connectivity index (χ1v) is 8.79. The van der Waals surface area contributed by atoms with Crippen molar-refractivity contribution in [3.63, 3.8) is 0 Å². The van der Waals surface area contributed by atoms with Gasteiger partial charge in [0.1, 0.15) is 18.0 Å². The summed E-state index contributed by atoms with van der Waals surface area (Å²) in [7, 11) is 0. The van der Waals surface area contributed by atoms with Crippen molar-refractivity contribution in [2.75, 3.05) is 44.4 Å². The lowest BCUT2D eigenvalue weighted by molar-refractivity contribution is -0.146. The zero-order valence-corrected chi connectivity index (χ0v) is 14.6. The van der Waals surface area contributed by atoms with Crippen molar-refractivity contribution >= 4 is 11.7 Å². The van der Waals surface area contributed by atoms with Crippen molar-refractivity contribution in [1.29, 1.82) is 0 Å². The average molecular weight is 354 g/mol. The van der Waals surface area contributed by atoms with Gasteiger partial charge in [0.05, 0.1) is 19.8 Å². The quantitative estimate of drug-likeness (QED) is 0.823. The normalized spacial score (nSPS) is 24.6. The molecule has 2 aliphatic heterocycles. The number of anilines is 1. The standard InChI is InChI=1S/C19H22N4O3/c24-18-12-26-19(14-23(18)17-5-1-2-7-21-17)13-22(8-9-25-15-19)11-16-4-3-6-20-10-16/h1-7,10H,8-9,11-15H2/t19-/m0/s1. The van der Waals surface area contributed by atoms with Crippen molar-refractivity contribution in [3.8, 4) is 0 Å². The minimum atomic E-state index is -0.551. The first kappa shape index (κ1) is 17.1. The van der Waals surface area contributed by atoms with Crippen molar-refractivity contribution in [2.24, 2.45) is 0 Å². The molecule has 2 saturated heterocycles. The maximum absolute atomic E-state index is 12.4. The van der Waals surface area contributed by atoms with Crippen molar-refractivity contribution in [2.45, 2.75) is 12.1 Å². The van der Waals surface area contributed by atoms with E-state index in [1.807, 2.05) is 30.5 Å². The molecule has 0 N–H and O–H groups in total. The fraction of sp³-hybridized carbons (Fsp3) is 0.421. The van der Waals surface area contributed by atoms with Gasteiger partial charge in [-0.25, -0.2) is 4.98 Å². The number of morpholine rings is 1. The van der Waals surface area contributed by atoms with Crippen molar-refractivity contribution < 1.29 is 14.3 Å². The van der Waals surface area contributed by atoms with Crippen LogP contribution in [0.25, 0.3) is 0 Å². The number of nitrogens with zero attached hydrogens (tertiary/aromatic N) is 4. The van der Waals surface area contributed by atoms with Gasteiger partial charge in [0, 0.05) is 38.2 Å². The van der Waals surface area contributed by atoms with E-state index in [4.69, 9.17) is 9.47 Å². The molecule has 4 rings (SSSR count). The molecule has 0 aliphatic carbocycles. The number of rotatable bonds is 3. The molecule has 2 aromatic rings. The SMILES string of the molecule is O=C1CO[C@]2(COCCN(Cc3cccnc3)C2)CN1c1ccccn1. The van der Waals surface area contributed by atoms with E-state index in [-0.39, 0.29) is 12.5 Å². The van der Waals surface area contributed by atoms with Crippen LogP contribution in [0.4, 0.5) is 5.82 Å². The van der Waals surface area contributed by atoms with E-state index in [0.29, 0.717) is 32.1 Å². The molecule has 7 heteroatoms. The molecule has 0 aromatic carbocycles. The van der Waals surface area contributed by atoms with Crippen LogP contribution in [0, 0.1) is 0 Å². The molecule has 2 aliphatic rings. The number of carbonyl (C=O) groups excluding carboxylic acids is 1. The Morgan fingerprint density at radius 3 is 2.92 bits per heavy atom. The summed E-state index contributed by atoms with van der Waals surface area (Å²) in [6, 6.07) is 9.58. The lowest BCUT2D eigenvalue weighted by Gasteiger charge is -2.42. The molecule has 2 fully saturated rings. The van der Waals surface area contributed by atoms with Gasteiger partial charge in [-0.3, -0.25) is 19.6 Å². The minimum Gasteiger partial charge on any atom is -0.377 e. The largest absolute Gasteiger partial charge is 0.377 e. The molecule has 1 spiro atoms. The fourth-order valence-electron chi connectivity index (χ4n) is 3.49. The summed E-state index contributed by atoms with van der Waals surface area (Å²) in [5.41, 5.74) is 0.599. The van der Waals surface area contributed by atoms with E-state index in [1.54, 1.807) is 17.3 Å². The van der Waals surface area contributed by atoms with Crippen molar-refractivity contribution in [1.82, 2.24) is 14.9 Å². The van der Waals surface area contributed by atoms with Crippen LogP contribution < -0.4 is 4.90 Å². The molecule has 7 nitrogen and oxygen atoms in total. The van der Waals surface area contributed by atoms with Crippen LogP contribution in [0.2, 0.25) is 0 Å². The molecule has 26 heavy (non-hydrogen) atoms. The molecule has 0 radical (unpaired) electrons. The van der Waals surface area contributed by atoms with Crippen LogP contribution in [0.15, 0.2) is 48.9 Å². The van der Waals surface area contributed by atoms with Gasteiger partial charge in [-0.1, -0.05) is 12.1 Å². The van der Waals surface area contributed by atoms with E-state index >= 15 is 0 Å². The first-order valence-electron chi connectivity index (χ1n) is 8.79. The average Bonchev–Trinajstić information content (AvgIpc) is 2.88. The summed E-state index contributed by atoms with van der Waals surface area (Å²) in [6.45, 7) is 3.87. The summed E-state index contributed by atoms with van der Waals surface area (Å²) in [5, 5.41) is 0. The Kier molecular flexibility index (Phi) is 4.92. The van der Waals surface area contributed by atoms with Gasteiger partial charge in [-0.15, -0.1) is 0 Å². The molecular weight excluding hydrogens is 332 g/mol. The molecule has 1 amide bonds. The third kappa shape index (κ3) is 3.75. The monoisotopic (exact) mass is 354 g/mol. The molecule has 1 atom stereocenters. The summed E-state index contributed by atoms with van der Waals surface area (Å²) in [4.78, 5) is 24.9.